The van der Waals surface area contributed by atoms with Crippen molar-refractivity contribution in [2.75, 3.05) is 24.8 Å². The first-order chi connectivity index (χ1) is 8.30. The predicted molar refractivity (Wildman–Crippen MR) is 66.6 cm³/mol. The van der Waals surface area contributed by atoms with Crippen LogP contribution in [0.2, 0.25) is 0 Å². The maximum atomic E-state index is 11.8. The van der Waals surface area contributed by atoms with Gasteiger partial charge in [-0.1, -0.05) is 0 Å². The topological polar surface area (TPSA) is 87.5 Å². The van der Waals surface area contributed by atoms with Crippen LogP contribution in [0.4, 0.5) is 5.69 Å². The Morgan fingerprint density at radius 3 is 2.63 bits per heavy atom. The van der Waals surface area contributed by atoms with Gasteiger partial charge in [0.15, 0.2) is 9.84 Å². The van der Waals surface area contributed by atoms with Crippen LogP contribution in [0.5, 0.6) is 5.75 Å². The number of nitrogens with one attached hydrogen (secondary N) is 1. The molecule has 8 heteroatoms. The van der Waals surface area contributed by atoms with Crippen molar-refractivity contribution < 1.29 is 39.7 Å². The standard InChI is InChI=1S/C11H13N2O4S.Ti/c1-13-9-5-7(18(2,15)16)3-4-10(9)17-6-8(12)11(13)14;/h3-5,8,12H,6H2,1-2H3;/q-1;/t8-;/m0./s1. The molecule has 1 amide bonds. The van der Waals surface area contributed by atoms with E-state index in [0.717, 1.165) is 6.26 Å². The van der Waals surface area contributed by atoms with Crippen molar-refractivity contribution >= 4 is 21.4 Å². The minimum atomic E-state index is -3.34. The number of carbonyl (C=O) groups excluding carboxylic acids is 1. The molecule has 0 saturated heterocycles. The third-order valence-corrected chi connectivity index (χ3v) is 3.86. The molecule has 0 aromatic heterocycles. The molecule has 1 aromatic rings. The molecule has 0 spiro atoms. The Kier molecular flexibility index (Phi) is 4.78. The van der Waals surface area contributed by atoms with Gasteiger partial charge < -0.3 is 15.4 Å². The summed E-state index contributed by atoms with van der Waals surface area (Å²) in [5.41, 5.74) is 7.94. The zero-order valence-corrected chi connectivity index (χ0v) is 12.9. The molecule has 0 radical (unpaired) electrons. The van der Waals surface area contributed by atoms with E-state index in [1.54, 1.807) is 0 Å². The molecule has 1 aliphatic heterocycles. The van der Waals surface area contributed by atoms with Gasteiger partial charge in [-0.3, -0.25) is 4.79 Å². The van der Waals surface area contributed by atoms with Crippen LogP contribution in [-0.2, 0) is 36.3 Å². The molecule has 1 atom stereocenters. The maximum absolute atomic E-state index is 11.8. The fraction of sp³-hybridized carbons (Fsp3) is 0.364. The normalized spacial score (nSPS) is 19.0. The summed E-state index contributed by atoms with van der Waals surface area (Å²) < 4.78 is 28.3. The zero-order valence-electron chi connectivity index (χ0n) is 10.5. The van der Waals surface area contributed by atoms with Gasteiger partial charge in [-0.25, -0.2) is 8.42 Å². The van der Waals surface area contributed by atoms with Gasteiger partial charge in [-0.2, -0.15) is 0 Å². The molecule has 0 bridgehead atoms. The van der Waals surface area contributed by atoms with E-state index in [0.29, 0.717) is 11.4 Å². The van der Waals surface area contributed by atoms with E-state index in [1.165, 1.54) is 30.1 Å². The summed E-state index contributed by atoms with van der Waals surface area (Å²) in [7, 11) is -1.84. The average molecular weight is 317 g/mol. The van der Waals surface area contributed by atoms with Crippen molar-refractivity contribution in [1.29, 1.82) is 0 Å². The van der Waals surface area contributed by atoms with Gasteiger partial charge in [-0.15, -0.1) is 0 Å². The van der Waals surface area contributed by atoms with E-state index in [1.807, 2.05) is 0 Å². The number of rotatable bonds is 1. The van der Waals surface area contributed by atoms with Crippen LogP contribution in [-0.4, -0.2) is 40.3 Å². The number of benzene rings is 1. The molecule has 0 unspecified atom stereocenters. The largest absolute Gasteiger partial charge is 0.664 e. The molecular weight excluding hydrogens is 304 g/mol. The van der Waals surface area contributed by atoms with Crippen LogP contribution >= 0.6 is 0 Å². The number of carbonyl (C=O) groups is 1. The van der Waals surface area contributed by atoms with Crippen molar-refractivity contribution in [3.8, 4) is 5.75 Å². The Morgan fingerprint density at radius 1 is 1.42 bits per heavy atom. The van der Waals surface area contributed by atoms with E-state index >= 15 is 0 Å². The number of amides is 1. The summed E-state index contributed by atoms with van der Waals surface area (Å²) in [5.74, 6) is -0.00704. The van der Waals surface area contributed by atoms with Crippen LogP contribution in [0.3, 0.4) is 0 Å². The van der Waals surface area contributed by atoms with Gasteiger partial charge in [0.1, 0.15) is 5.75 Å². The first-order valence-electron chi connectivity index (χ1n) is 5.26. The summed E-state index contributed by atoms with van der Waals surface area (Å²) in [6.45, 7) is -0.0333. The number of sulfone groups is 1. The van der Waals surface area contributed by atoms with E-state index in [9.17, 15) is 13.2 Å². The quantitative estimate of drug-likeness (QED) is 0.719. The van der Waals surface area contributed by atoms with Crippen LogP contribution in [0, 0.1) is 0 Å². The fourth-order valence-electron chi connectivity index (χ4n) is 1.71. The molecule has 1 aliphatic rings. The number of nitrogens with zero attached hydrogens (tertiary/aromatic N) is 1. The first kappa shape index (κ1) is 16.2. The van der Waals surface area contributed by atoms with Crippen molar-refractivity contribution in [3.05, 3.63) is 23.9 Å². The Hall–Kier alpha value is -0.886. The van der Waals surface area contributed by atoms with Gasteiger partial charge in [0.05, 0.1) is 17.2 Å². The van der Waals surface area contributed by atoms with Crippen LogP contribution in [0.25, 0.3) is 5.73 Å². The Balaban J connectivity index is 0.00000180. The van der Waals surface area contributed by atoms with Crippen molar-refractivity contribution in [1.82, 2.24) is 0 Å². The second-order valence-corrected chi connectivity index (χ2v) is 6.18. The predicted octanol–water partition coefficient (Wildman–Crippen LogP) is 0.864. The smallest absolute Gasteiger partial charge is 0.212 e. The number of likely N-dealkylation sites (N-methyl/N-ethyl adjacent to an activating group) is 1. The Bertz CT molecular complexity index is 603. The number of anilines is 1. The minimum absolute atomic E-state index is 0. The molecule has 0 saturated carbocycles. The molecule has 19 heavy (non-hydrogen) atoms. The monoisotopic (exact) mass is 317 g/mol. The van der Waals surface area contributed by atoms with Crippen molar-refractivity contribution in [2.24, 2.45) is 0 Å². The number of hydrogen-bond donors (Lipinski definition) is 0. The van der Waals surface area contributed by atoms with Gasteiger partial charge in [0.25, 0.3) is 0 Å². The summed E-state index contributed by atoms with van der Waals surface area (Å²) in [6, 6.07) is 3.33. The summed E-state index contributed by atoms with van der Waals surface area (Å²) in [4.78, 5) is 13.2. The number of hydrogen-bond acceptors (Lipinski definition) is 4. The minimum Gasteiger partial charge on any atom is -0.664 e. The molecule has 0 aliphatic carbocycles. The van der Waals surface area contributed by atoms with Crippen molar-refractivity contribution in [3.63, 3.8) is 0 Å². The van der Waals surface area contributed by atoms with Gasteiger partial charge in [0.2, 0.25) is 5.91 Å². The average Bonchev–Trinajstić information content (AvgIpc) is 2.41. The molecule has 102 valence electrons. The summed E-state index contributed by atoms with van der Waals surface area (Å²) in [5, 5.41) is 0. The Labute approximate surface area is 126 Å². The molecular formula is C11H13N2O4STi-. The van der Waals surface area contributed by atoms with Crippen LogP contribution in [0.1, 0.15) is 0 Å². The number of ether oxygens (including phenoxy) is 1. The van der Waals surface area contributed by atoms with Crippen LogP contribution < -0.4 is 9.64 Å². The molecule has 6 nitrogen and oxygen atoms in total. The number of fused-ring (bicyclic) bond motifs is 1. The summed E-state index contributed by atoms with van der Waals surface area (Å²) in [6.07, 6.45) is 1.10. The first-order valence-corrected chi connectivity index (χ1v) is 7.15. The zero-order chi connectivity index (χ0) is 13.5. The summed E-state index contributed by atoms with van der Waals surface area (Å²) >= 11 is 0. The molecule has 1 N–H and O–H groups in total. The van der Waals surface area contributed by atoms with Gasteiger partial charge in [0, 0.05) is 35.0 Å². The molecule has 0 fully saturated rings. The fourth-order valence-corrected chi connectivity index (χ4v) is 2.35. The third kappa shape index (κ3) is 3.17. The second-order valence-electron chi connectivity index (χ2n) is 4.16. The second kappa shape index (κ2) is 5.62. The molecule has 2 rings (SSSR count). The van der Waals surface area contributed by atoms with E-state index in [-0.39, 0.29) is 33.2 Å². The van der Waals surface area contributed by atoms with Gasteiger partial charge in [-0.05, 0) is 24.2 Å². The molecule has 1 heterocycles. The third-order valence-electron chi connectivity index (χ3n) is 2.75. The Morgan fingerprint density at radius 2 is 2.05 bits per heavy atom. The van der Waals surface area contributed by atoms with E-state index < -0.39 is 21.8 Å². The van der Waals surface area contributed by atoms with E-state index in [2.05, 4.69) is 0 Å². The SMILES string of the molecule is CN1C(=O)[C@@H]([NH-])COc2ccc(S(C)(=O)=O)cc21.[Ti]. The molecule has 1 aromatic carbocycles. The van der Waals surface area contributed by atoms with Crippen molar-refractivity contribution in [2.45, 2.75) is 10.9 Å². The van der Waals surface area contributed by atoms with E-state index in [4.69, 9.17) is 10.5 Å². The van der Waals surface area contributed by atoms with Gasteiger partial charge >= 0.3 is 0 Å². The maximum Gasteiger partial charge on any atom is 0.212 e. The van der Waals surface area contributed by atoms with Crippen LogP contribution in [0.15, 0.2) is 23.1 Å².